The molecule has 0 saturated carbocycles. The minimum Gasteiger partial charge on any atom is -0.482 e. The molecule has 8 heteroatoms. The molecule has 0 spiro atoms. The molecule has 0 aliphatic carbocycles. The number of hydrogen-bond donors (Lipinski definition) is 2. The van der Waals surface area contributed by atoms with Crippen molar-refractivity contribution in [2.45, 2.75) is 24.7 Å². The largest absolute Gasteiger partial charge is 0.482 e. The summed E-state index contributed by atoms with van der Waals surface area (Å²) in [6.45, 7) is 2.04. The van der Waals surface area contributed by atoms with Gasteiger partial charge in [-0.25, -0.2) is 13.1 Å². The summed E-state index contributed by atoms with van der Waals surface area (Å²) in [6, 6.07) is 14.6. The smallest absolute Gasteiger partial charge is 0.262 e. The summed E-state index contributed by atoms with van der Waals surface area (Å²) in [5.41, 5.74) is 0.673. The normalized spacial score (nSPS) is 10.8. The monoisotopic (exact) mass is 387 g/mol. The van der Waals surface area contributed by atoms with Crippen molar-refractivity contribution in [2.75, 3.05) is 18.5 Å². The van der Waals surface area contributed by atoms with Crippen LogP contribution >= 0.6 is 0 Å². The maximum Gasteiger partial charge on any atom is 0.262 e. The SMILES string of the molecule is CCCCNS(=O)(=O)c1cccc(NC(=O)COc2ccccc2C#N)c1. The lowest BCUT2D eigenvalue weighted by Gasteiger charge is -2.10. The fraction of sp³-hybridized carbons (Fsp3) is 0.263. The van der Waals surface area contributed by atoms with E-state index in [9.17, 15) is 13.2 Å². The van der Waals surface area contributed by atoms with Gasteiger partial charge in [-0.15, -0.1) is 0 Å². The van der Waals surface area contributed by atoms with Crippen molar-refractivity contribution in [1.29, 1.82) is 5.26 Å². The van der Waals surface area contributed by atoms with Crippen LogP contribution < -0.4 is 14.8 Å². The van der Waals surface area contributed by atoms with Crippen molar-refractivity contribution in [3.8, 4) is 11.8 Å². The van der Waals surface area contributed by atoms with E-state index in [4.69, 9.17) is 10.00 Å². The van der Waals surface area contributed by atoms with Gasteiger partial charge in [-0.2, -0.15) is 5.26 Å². The second-order valence-electron chi connectivity index (χ2n) is 5.72. The predicted molar refractivity (Wildman–Crippen MR) is 102 cm³/mol. The zero-order valence-corrected chi connectivity index (χ0v) is 15.8. The third-order valence-electron chi connectivity index (χ3n) is 3.62. The minimum absolute atomic E-state index is 0.0761. The predicted octanol–water partition coefficient (Wildman–Crippen LogP) is 2.65. The number of unbranched alkanes of at least 4 members (excludes halogenated alkanes) is 1. The molecule has 0 saturated heterocycles. The zero-order valence-electron chi connectivity index (χ0n) is 14.9. The summed E-state index contributed by atoms with van der Waals surface area (Å²) < 4.78 is 32.4. The highest BCUT2D eigenvalue weighted by Crippen LogP contribution is 2.18. The van der Waals surface area contributed by atoms with Crippen LogP contribution in [-0.2, 0) is 14.8 Å². The van der Waals surface area contributed by atoms with Crippen molar-refractivity contribution in [3.05, 3.63) is 54.1 Å². The van der Waals surface area contributed by atoms with E-state index in [0.29, 0.717) is 23.5 Å². The number of hydrogen-bond acceptors (Lipinski definition) is 5. The second-order valence-corrected chi connectivity index (χ2v) is 7.49. The average Bonchev–Trinajstić information content (AvgIpc) is 2.67. The van der Waals surface area contributed by atoms with E-state index < -0.39 is 15.9 Å². The number of para-hydroxylation sites is 1. The maximum atomic E-state index is 12.2. The lowest BCUT2D eigenvalue weighted by Crippen LogP contribution is -2.25. The molecule has 1 amide bonds. The van der Waals surface area contributed by atoms with Crippen molar-refractivity contribution in [1.82, 2.24) is 4.72 Å². The third kappa shape index (κ3) is 6.09. The molecule has 2 aromatic carbocycles. The Morgan fingerprint density at radius 2 is 1.96 bits per heavy atom. The van der Waals surface area contributed by atoms with Gasteiger partial charge in [-0.3, -0.25) is 4.79 Å². The van der Waals surface area contributed by atoms with E-state index in [1.165, 1.54) is 12.1 Å². The van der Waals surface area contributed by atoms with Crippen LogP contribution in [0.5, 0.6) is 5.75 Å². The molecule has 0 radical (unpaired) electrons. The van der Waals surface area contributed by atoms with Crippen LogP contribution in [0.2, 0.25) is 0 Å². The van der Waals surface area contributed by atoms with E-state index in [1.54, 1.807) is 36.4 Å². The van der Waals surface area contributed by atoms with Gasteiger partial charge in [-0.1, -0.05) is 31.5 Å². The van der Waals surface area contributed by atoms with Crippen molar-refractivity contribution in [3.63, 3.8) is 0 Å². The summed E-state index contributed by atoms with van der Waals surface area (Å²) in [5.74, 6) is -0.150. The van der Waals surface area contributed by atoms with Gasteiger partial charge < -0.3 is 10.1 Å². The number of carbonyl (C=O) groups excluding carboxylic acids is 1. The van der Waals surface area contributed by atoms with Gasteiger partial charge in [0.1, 0.15) is 11.8 Å². The van der Waals surface area contributed by atoms with Crippen LogP contribution in [-0.4, -0.2) is 27.5 Å². The number of amides is 1. The van der Waals surface area contributed by atoms with E-state index in [2.05, 4.69) is 10.0 Å². The van der Waals surface area contributed by atoms with E-state index in [-0.39, 0.29) is 11.5 Å². The topological polar surface area (TPSA) is 108 Å². The van der Waals surface area contributed by atoms with Crippen LogP contribution in [0.25, 0.3) is 0 Å². The van der Waals surface area contributed by atoms with Gasteiger partial charge in [0.25, 0.3) is 5.91 Å². The van der Waals surface area contributed by atoms with Crippen molar-refractivity contribution in [2.24, 2.45) is 0 Å². The number of nitrogens with one attached hydrogen (secondary N) is 2. The Hall–Kier alpha value is -2.89. The molecular weight excluding hydrogens is 366 g/mol. The molecule has 0 unspecified atom stereocenters. The van der Waals surface area contributed by atoms with Gasteiger partial charge in [-0.05, 0) is 36.8 Å². The molecule has 0 heterocycles. The van der Waals surface area contributed by atoms with E-state index in [1.807, 2.05) is 13.0 Å². The quantitative estimate of drug-likeness (QED) is 0.643. The molecule has 0 fully saturated rings. The first-order chi connectivity index (χ1) is 13.0. The fourth-order valence-electron chi connectivity index (χ4n) is 2.23. The Morgan fingerprint density at radius 3 is 2.70 bits per heavy atom. The van der Waals surface area contributed by atoms with Gasteiger partial charge in [0.05, 0.1) is 10.5 Å². The summed E-state index contributed by atoms with van der Waals surface area (Å²) >= 11 is 0. The Morgan fingerprint density at radius 1 is 1.19 bits per heavy atom. The molecule has 0 aliphatic heterocycles. The molecule has 0 bridgehead atoms. The standard InChI is InChI=1S/C19H21N3O4S/c1-2-3-11-21-27(24,25)17-9-6-8-16(12-17)22-19(23)14-26-18-10-5-4-7-15(18)13-20/h4-10,12,21H,2-3,11,14H2,1H3,(H,22,23). The minimum atomic E-state index is -3.62. The molecular formula is C19H21N3O4S. The van der Waals surface area contributed by atoms with Gasteiger partial charge in [0.15, 0.2) is 6.61 Å². The van der Waals surface area contributed by atoms with Gasteiger partial charge >= 0.3 is 0 Å². The summed E-state index contributed by atoms with van der Waals surface area (Å²) in [5, 5.41) is 11.6. The Labute approximate surface area is 159 Å². The number of benzene rings is 2. The third-order valence-corrected chi connectivity index (χ3v) is 5.08. The Kier molecular flexibility index (Phi) is 7.34. The maximum absolute atomic E-state index is 12.2. The lowest BCUT2D eigenvalue weighted by molar-refractivity contribution is -0.118. The van der Waals surface area contributed by atoms with Gasteiger partial charge in [0.2, 0.25) is 10.0 Å². The molecule has 27 heavy (non-hydrogen) atoms. The van der Waals surface area contributed by atoms with Crippen molar-refractivity contribution < 1.29 is 17.9 Å². The Balaban J connectivity index is 1.99. The molecule has 2 aromatic rings. The highest BCUT2D eigenvalue weighted by molar-refractivity contribution is 7.89. The highest BCUT2D eigenvalue weighted by Gasteiger charge is 2.14. The zero-order chi connectivity index (χ0) is 19.7. The van der Waals surface area contributed by atoms with Crippen molar-refractivity contribution >= 4 is 21.6 Å². The summed E-state index contributed by atoms with van der Waals surface area (Å²) in [4.78, 5) is 12.1. The van der Waals surface area contributed by atoms with E-state index >= 15 is 0 Å². The number of sulfonamides is 1. The summed E-state index contributed by atoms with van der Waals surface area (Å²) in [7, 11) is -3.62. The highest BCUT2D eigenvalue weighted by atomic mass is 32.2. The number of ether oxygens (including phenoxy) is 1. The molecule has 0 atom stereocenters. The number of nitriles is 1. The van der Waals surface area contributed by atoms with E-state index in [0.717, 1.165) is 12.8 Å². The fourth-order valence-corrected chi connectivity index (χ4v) is 3.35. The molecule has 0 aliphatic rings. The molecule has 2 N–H and O–H groups in total. The first-order valence-corrected chi connectivity index (χ1v) is 9.96. The Bertz CT molecular complexity index is 936. The van der Waals surface area contributed by atoms with Crippen LogP contribution in [0.4, 0.5) is 5.69 Å². The van der Waals surface area contributed by atoms with Crippen LogP contribution in [0, 0.1) is 11.3 Å². The average molecular weight is 387 g/mol. The number of rotatable bonds is 9. The van der Waals surface area contributed by atoms with Crippen LogP contribution in [0.15, 0.2) is 53.4 Å². The number of nitrogens with zero attached hydrogens (tertiary/aromatic N) is 1. The van der Waals surface area contributed by atoms with Crippen LogP contribution in [0.3, 0.4) is 0 Å². The molecule has 2 rings (SSSR count). The second kappa shape index (κ2) is 9.71. The van der Waals surface area contributed by atoms with Gasteiger partial charge in [0, 0.05) is 12.2 Å². The summed E-state index contributed by atoms with van der Waals surface area (Å²) in [6.07, 6.45) is 1.63. The number of carbonyl (C=O) groups is 1. The lowest BCUT2D eigenvalue weighted by atomic mass is 10.2. The van der Waals surface area contributed by atoms with Crippen LogP contribution in [0.1, 0.15) is 25.3 Å². The first-order valence-electron chi connectivity index (χ1n) is 8.48. The number of anilines is 1. The first kappa shape index (κ1) is 20.4. The molecule has 142 valence electrons. The molecule has 7 nitrogen and oxygen atoms in total. The molecule has 0 aromatic heterocycles.